The molecule has 1 aliphatic rings. The summed E-state index contributed by atoms with van der Waals surface area (Å²) in [6.07, 6.45) is 3.46. The van der Waals surface area contributed by atoms with E-state index in [1.54, 1.807) is 12.1 Å². The largest absolute Gasteiger partial charge is 0.357 e. The molecule has 0 spiro atoms. The molecule has 0 aromatic heterocycles. The van der Waals surface area contributed by atoms with Gasteiger partial charge in [0.25, 0.3) is 0 Å². The first-order valence-electron chi connectivity index (χ1n) is 10.2. The average molecular weight is 410 g/mol. The first kappa shape index (κ1) is 22.6. The Balaban J connectivity index is 1.95. The Hall–Kier alpha value is -1.64. The van der Waals surface area contributed by atoms with Crippen LogP contribution in [0.1, 0.15) is 38.7 Å². The summed E-state index contributed by atoms with van der Waals surface area (Å²) < 4.78 is 25.5. The fourth-order valence-corrected chi connectivity index (χ4v) is 4.18. The molecule has 2 N–H and O–H groups in total. The summed E-state index contributed by atoms with van der Waals surface area (Å²) in [5.41, 5.74) is 0.979. The molecule has 1 aliphatic heterocycles. The van der Waals surface area contributed by atoms with Crippen molar-refractivity contribution in [3.63, 3.8) is 0 Å². The first-order chi connectivity index (χ1) is 13.4. The molecule has 0 radical (unpaired) electrons. The molecule has 0 saturated carbocycles. The lowest BCUT2D eigenvalue weighted by atomic mass is 10.1. The molecule has 2 rings (SSSR count). The molecular weight excluding hydrogens is 374 g/mol. The molecule has 7 nitrogen and oxygen atoms in total. The molecule has 1 aromatic carbocycles. The SMILES string of the molecule is CCCN1CCC(NC(=NCc2ccc(S(=O)(=O)N(C)C)cc2)NCC)CC1. The zero-order valence-electron chi connectivity index (χ0n) is 17.6. The molecule has 1 heterocycles. The van der Waals surface area contributed by atoms with Gasteiger partial charge in [0, 0.05) is 39.8 Å². The number of sulfonamides is 1. The Bertz CT molecular complexity index is 723. The first-order valence-corrected chi connectivity index (χ1v) is 11.6. The van der Waals surface area contributed by atoms with Crippen LogP contribution in [0, 0.1) is 0 Å². The maximum absolute atomic E-state index is 12.2. The molecule has 0 aliphatic carbocycles. The highest BCUT2D eigenvalue weighted by atomic mass is 32.2. The van der Waals surface area contributed by atoms with E-state index in [0.717, 1.165) is 44.0 Å². The number of nitrogens with zero attached hydrogens (tertiary/aromatic N) is 3. The zero-order chi connectivity index (χ0) is 20.6. The smallest absolute Gasteiger partial charge is 0.242 e. The quantitative estimate of drug-likeness (QED) is 0.506. The van der Waals surface area contributed by atoms with Gasteiger partial charge in [-0.3, -0.25) is 0 Å². The van der Waals surface area contributed by atoms with Crippen LogP contribution in [0.3, 0.4) is 0 Å². The zero-order valence-corrected chi connectivity index (χ0v) is 18.4. The minimum Gasteiger partial charge on any atom is -0.357 e. The van der Waals surface area contributed by atoms with Gasteiger partial charge in [0.15, 0.2) is 5.96 Å². The second-order valence-corrected chi connectivity index (χ2v) is 9.54. The van der Waals surface area contributed by atoms with Crippen LogP contribution in [0.2, 0.25) is 0 Å². The Morgan fingerprint density at radius 3 is 2.36 bits per heavy atom. The third kappa shape index (κ3) is 6.46. The monoisotopic (exact) mass is 409 g/mol. The van der Waals surface area contributed by atoms with Gasteiger partial charge in [-0.1, -0.05) is 19.1 Å². The van der Waals surface area contributed by atoms with Gasteiger partial charge < -0.3 is 15.5 Å². The van der Waals surface area contributed by atoms with E-state index in [4.69, 9.17) is 0 Å². The van der Waals surface area contributed by atoms with Crippen LogP contribution in [-0.4, -0.2) is 69.9 Å². The van der Waals surface area contributed by atoms with Crippen molar-refractivity contribution >= 4 is 16.0 Å². The van der Waals surface area contributed by atoms with Crippen molar-refractivity contribution in [2.24, 2.45) is 4.99 Å². The molecule has 28 heavy (non-hydrogen) atoms. The predicted molar refractivity (Wildman–Crippen MR) is 115 cm³/mol. The number of hydrogen-bond donors (Lipinski definition) is 2. The number of guanidine groups is 1. The van der Waals surface area contributed by atoms with Gasteiger partial charge in [-0.2, -0.15) is 0 Å². The number of benzene rings is 1. The van der Waals surface area contributed by atoms with Crippen molar-refractivity contribution in [1.29, 1.82) is 0 Å². The molecule has 0 unspecified atom stereocenters. The van der Waals surface area contributed by atoms with Crippen LogP contribution in [0.5, 0.6) is 0 Å². The fourth-order valence-electron chi connectivity index (χ4n) is 3.28. The minimum atomic E-state index is -3.39. The van der Waals surface area contributed by atoms with Gasteiger partial charge in [0.2, 0.25) is 10.0 Å². The van der Waals surface area contributed by atoms with Crippen molar-refractivity contribution in [1.82, 2.24) is 19.8 Å². The molecule has 1 fully saturated rings. The van der Waals surface area contributed by atoms with E-state index in [0.29, 0.717) is 17.5 Å². The molecular formula is C20H35N5O2S. The highest BCUT2D eigenvalue weighted by molar-refractivity contribution is 7.89. The Kier molecular flexibility index (Phi) is 8.72. The summed E-state index contributed by atoms with van der Waals surface area (Å²) in [6.45, 7) is 9.04. The summed E-state index contributed by atoms with van der Waals surface area (Å²) in [6, 6.07) is 7.38. The third-order valence-corrected chi connectivity index (χ3v) is 6.76. The highest BCUT2D eigenvalue weighted by Crippen LogP contribution is 2.15. The number of nitrogens with one attached hydrogen (secondary N) is 2. The van der Waals surface area contributed by atoms with Crippen molar-refractivity contribution in [3.8, 4) is 0 Å². The van der Waals surface area contributed by atoms with Crippen molar-refractivity contribution < 1.29 is 8.42 Å². The highest BCUT2D eigenvalue weighted by Gasteiger charge is 2.19. The lowest BCUT2D eigenvalue weighted by Crippen LogP contribution is -2.48. The standard InChI is InChI=1S/C20H35N5O2S/c1-5-13-25-14-11-18(12-15-25)23-20(21-6-2)22-16-17-7-9-19(10-8-17)28(26,27)24(3)4/h7-10,18H,5-6,11-16H2,1-4H3,(H2,21,22,23). The van der Waals surface area contributed by atoms with Crippen LogP contribution < -0.4 is 10.6 Å². The van der Waals surface area contributed by atoms with Gasteiger partial charge in [-0.05, 0) is 50.4 Å². The van der Waals surface area contributed by atoms with E-state index < -0.39 is 10.0 Å². The summed E-state index contributed by atoms with van der Waals surface area (Å²) in [5, 5.41) is 6.86. The van der Waals surface area contributed by atoms with E-state index in [2.05, 4.69) is 34.4 Å². The number of likely N-dealkylation sites (tertiary alicyclic amines) is 1. The maximum atomic E-state index is 12.2. The number of piperidine rings is 1. The molecule has 0 bridgehead atoms. The maximum Gasteiger partial charge on any atom is 0.242 e. The van der Waals surface area contributed by atoms with Gasteiger partial charge in [0.1, 0.15) is 0 Å². The molecule has 1 saturated heterocycles. The normalized spacial score (nSPS) is 17.1. The van der Waals surface area contributed by atoms with E-state index in [9.17, 15) is 8.42 Å². The summed E-state index contributed by atoms with van der Waals surface area (Å²) in [5.74, 6) is 0.821. The number of aliphatic imine (C=N–C) groups is 1. The van der Waals surface area contributed by atoms with Gasteiger partial charge in [-0.25, -0.2) is 17.7 Å². The molecule has 0 amide bonds. The van der Waals surface area contributed by atoms with E-state index >= 15 is 0 Å². The summed E-state index contributed by atoms with van der Waals surface area (Å²) in [4.78, 5) is 7.50. The van der Waals surface area contributed by atoms with Crippen molar-refractivity contribution in [2.75, 3.05) is 40.3 Å². The predicted octanol–water partition coefficient (Wildman–Crippen LogP) is 1.87. The number of rotatable bonds is 8. The van der Waals surface area contributed by atoms with Crippen LogP contribution in [0.15, 0.2) is 34.2 Å². The van der Waals surface area contributed by atoms with E-state index in [-0.39, 0.29) is 0 Å². The van der Waals surface area contributed by atoms with E-state index in [1.165, 1.54) is 31.4 Å². The lowest BCUT2D eigenvalue weighted by molar-refractivity contribution is 0.206. The van der Waals surface area contributed by atoms with Gasteiger partial charge in [0.05, 0.1) is 11.4 Å². The summed E-state index contributed by atoms with van der Waals surface area (Å²) >= 11 is 0. The number of hydrogen-bond acceptors (Lipinski definition) is 4. The van der Waals surface area contributed by atoms with E-state index in [1.807, 2.05) is 12.1 Å². The van der Waals surface area contributed by atoms with Crippen LogP contribution >= 0.6 is 0 Å². The molecule has 8 heteroatoms. The molecule has 1 aromatic rings. The average Bonchev–Trinajstić information content (AvgIpc) is 2.68. The second kappa shape index (κ2) is 10.8. The Labute approximate surface area is 170 Å². The van der Waals surface area contributed by atoms with Gasteiger partial charge >= 0.3 is 0 Å². The fraction of sp³-hybridized carbons (Fsp3) is 0.650. The second-order valence-electron chi connectivity index (χ2n) is 7.39. The minimum absolute atomic E-state index is 0.300. The van der Waals surface area contributed by atoms with Crippen molar-refractivity contribution in [2.45, 2.75) is 50.6 Å². The lowest BCUT2D eigenvalue weighted by Gasteiger charge is -2.32. The Morgan fingerprint density at radius 2 is 1.82 bits per heavy atom. The molecule has 158 valence electrons. The third-order valence-electron chi connectivity index (χ3n) is 4.93. The van der Waals surface area contributed by atoms with Crippen LogP contribution in [-0.2, 0) is 16.6 Å². The van der Waals surface area contributed by atoms with Crippen LogP contribution in [0.25, 0.3) is 0 Å². The van der Waals surface area contributed by atoms with Crippen molar-refractivity contribution in [3.05, 3.63) is 29.8 Å². The molecule has 0 atom stereocenters. The van der Waals surface area contributed by atoms with Gasteiger partial charge in [-0.15, -0.1) is 0 Å². The van der Waals surface area contributed by atoms with Crippen LogP contribution in [0.4, 0.5) is 0 Å². The topological polar surface area (TPSA) is 77.0 Å². The Morgan fingerprint density at radius 1 is 1.18 bits per heavy atom. The summed E-state index contributed by atoms with van der Waals surface area (Å²) in [7, 11) is -0.320.